The first kappa shape index (κ1) is 15.5. The van der Waals surface area contributed by atoms with Crippen molar-refractivity contribution in [1.82, 2.24) is 5.32 Å². The van der Waals surface area contributed by atoms with E-state index in [1.54, 1.807) is 0 Å². The van der Waals surface area contributed by atoms with Gasteiger partial charge >= 0.3 is 11.9 Å². The van der Waals surface area contributed by atoms with Crippen LogP contribution in [0.15, 0.2) is 24.3 Å². The zero-order valence-corrected chi connectivity index (χ0v) is 12.6. The number of carboxylic acid groups (broad SMARTS) is 1. The van der Waals surface area contributed by atoms with E-state index in [1.807, 2.05) is 45.0 Å². The third kappa shape index (κ3) is 4.04. The van der Waals surface area contributed by atoms with Crippen molar-refractivity contribution < 1.29 is 19.4 Å². The lowest BCUT2D eigenvalue weighted by atomic mass is 9.99. The summed E-state index contributed by atoms with van der Waals surface area (Å²) in [5, 5.41) is 12.2. The monoisotopic (exact) mass is 291 g/mol. The number of carboxylic acids is 1. The quantitative estimate of drug-likeness (QED) is 0.834. The van der Waals surface area contributed by atoms with Gasteiger partial charge in [0.2, 0.25) is 0 Å². The summed E-state index contributed by atoms with van der Waals surface area (Å²) in [6.07, 6.45) is 0.201. The van der Waals surface area contributed by atoms with Crippen molar-refractivity contribution in [3.05, 3.63) is 35.4 Å². The van der Waals surface area contributed by atoms with E-state index in [0.29, 0.717) is 0 Å². The summed E-state index contributed by atoms with van der Waals surface area (Å²) in [5.74, 6) is -1.15. The number of fused-ring (bicyclic) bond motifs is 1. The lowest BCUT2D eigenvalue weighted by Crippen LogP contribution is -2.27. The zero-order chi connectivity index (χ0) is 15.6. The lowest BCUT2D eigenvalue weighted by molar-refractivity contribution is -0.155. The fourth-order valence-electron chi connectivity index (χ4n) is 2.63. The molecule has 0 spiro atoms. The summed E-state index contributed by atoms with van der Waals surface area (Å²) in [5.41, 5.74) is 1.42. The molecule has 0 aliphatic carbocycles. The molecule has 1 heterocycles. The van der Waals surface area contributed by atoms with Gasteiger partial charge in [0.05, 0.1) is 12.8 Å². The zero-order valence-electron chi connectivity index (χ0n) is 12.6. The lowest BCUT2D eigenvalue weighted by Gasteiger charge is -2.21. The maximum atomic E-state index is 12.0. The van der Waals surface area contributed by atoms with Crippen LogP contribution in [0.2, 0.25) is 0 Å². The molecule has 1 aliphatic rings. The Labute approximate surface area is 124 Å². The second-order valence-electron chi connectivity index (χ2n) is 6.29. The van der Waals surface area contributed by atoms with Crippen LogP contribution in [0.1, 0.15) is 56.8 Å². The number of aliphatic carboxylic acids is 1. The summed E-state index contributed by atoms with van der Waals surface area (Å²) in [6, 6.07) is 7.16. The van der Waals surface area contributed by atoms with Crippen LogP contribution in [0.5, 0.6) is 0 Å². The molecular formula is C16H21NO4. The fraction of sp³-hybridized carbons (Fsp3) is 0.500. The average Bonchev–Trinajstić information content (AvgIpc) is 2.65. The highest BCUT2D eigenvalue weighted by atomic mass is 16.6. The molecular weight excluding hydrogens is 270 g/mol. The summed E-state index contributed by atoms with van der Waals surface area (Å²) in [4.78, 5) is 22.9. The van der Waals surface area contributed by atoms with Gasteiger partial charge in [-0.3, -0.25) is 9.59 Å². The highest BCUT2D eigenvalue weighted by Crippen LogP contribution is 2.36. The molecule has 0 saturated heterocycles. The Kier molecular flexibility index (Phi) is 4.32. The molecule has 0 bridgehead atoms. The number of ether oxygens (including phenoxy) is 1. The largest absolute Gasteiger partial charge is 0.481 e. The van der Waals surface area contributed by atoms with Crippen LogP contribution < -0.4 is 5.32 Å². The highest BCUT2D eigenvalue weighted by molar-refractivity contribution is 5.72. The van der Waals surface area contributed by atoms with Crippen molar-refractivity contribution in [3.8, 4) is 0 Å². The van der Waals surface area contributed by atoms with Crippen LogP contribution in [-0.4, -0.2) is 22.6 Å². The Morgan fingerprint density at radius 3 is 2.14 bits per heavy atom. The Hall–Kier alpha value is -1.88. The number of nitrogens with one attached hydrogen (secondary N) is 1. The van der Waals surface area contributed by atoms with Crippen molar-refractivity contribution >= 4 is 11.9 Å². The van der Waals surface area contributed by atoms with E-state index >= 15 is 0 Å². The van der Waals surface area contributed by atoms with E-state index in [2.05, 4.69) is 5.32 Å². The first-order valence-electron chi connectivity index (χ1n) is 7.05. The maximum Gasteiger partial charge on any atom is 0.308 e. The van der Waals surface area contributed by atoms with Crippen LogP contribution in [-0.2, 0) is 14.3 Å². The minimum atomic E-state index is -0.861. The van der Waals surface area contributed by atoms with Crippen LogP contribution in [0.25, 0.3) is 0 Å². The van der Waals surface area contributed by atoms with Crippen LogP contribution in [0.4, 0.5) is 0 Å². The molecule has 0 saturated carbocycles. The van der Waals surface area contributed by atoms with Gasteiger partial charge in [-0.2, -0.15) is 0 Å². The molecule has 0 amide bonds. The van der Waals surface area contributed by atoms with E-state index in [0.717, 1.165) is 11.1 Å². The molecule has 1 aromatic carbocycles. The molecule has 0 radical (unpaired) electrons. The molecule has 5 nitrogen and oxygen atoms in total. The molecule has 2 N–H and O–H groups in total. The first-order chi connectivity index (χ1) is 9.76. The van der Waals surface area contributed by atoms with Crippen molar-refractivity contribution in [3.63, 3.8) is 0 Å². The number of rotatable bonds is 4. The molecule has 1 aromatic rings. The number of hydrogen-bond acceptors (Lipinski definition) is 4. The van der Waals surface area contributed by atoms with Gasteiger partial charge in [-0.25, -0.2) is 0 Å². The fourth-order valence-corrected chi connectivity index (χ4v) is 2.63. The Bertz CT molecular complexity index is 547. The minimum Gasteiger partial charge on any atom is -0.481 e. The van der Waals surface area contributed by atoms with E-state index in [4.69, 9.17) is 9.84 Å². The van der Waals surface area contributed by atoms with Crippen LogP contribution in [0, 0.1) is 0 Å². The van der Waals surface area contributed by atoms with E-state index in [9.17, 15) is 9.59 Å². The van der Waals surface area contributed by atoms with Crippen LogP contribution in [0.3, 0.4) is 0 Å². The summed E-state index contributed by atoms with van der Waals surface area (Å²) < 4.78 is 5.34. The molecule has 114 valence electrons. The summed E-state index contributed by atoms with van der Waals surface area (Å²) in [6.45, 7) is 5.48. The second-order valence-corrected chi connectivity index (χ2v) is 6.29. The molecule has 0 fully saturated rings. The van der Waals surface area contributed by atoms with Crippen molar-refractivity contribution in [2.24, 2.45) is 0 Å². The third-order valence-corrected chi connectivity index (χ3v) is 3.32. The van der Waals surface area contributed by atoms with Gasteiger partial charge < -0.3 is 15.2 Å². The van der Waals surface area contributed by atoms with Gasteiger partial charge in [0, 0.05) is 12.1 Å². The van der Waals surface area contributed by atoms with Gasteiger partial charge in [-0.1, -0.05) is 24.3 Å². The predicted molar refractivity (Wildman–Crippen MR) is 77.8 cm³/mol. The minimum absolute atomic E-state index is 0.00182. The summed E-state index contributed by atoms with van der Waals surface area (Å²) in [7, 11) is 0. The van der Waals surface area contributed by atoms with E-state index in [-0.39, 0.29) is 30.9 Å². The van der Waals surface area contributed by atoms with Crippen molar-refractivity contribution in [2.45, 2.75) is 51.3 Å². The molecule has 0 aromatic heterocycles. The van der Waals surface area contributed by atoms with Crippen molar-refractivity contribution in [1.29, 1.82) is 0 Å². The van der Waals surface area contributed by atoms with Gasteiger partial charge in [-0.05, 0) is 31.9 Å². The third-order valence-electron chi connectivity index (χ3n) is 3.32. The molecule has 21 heavy (non-hydrogen) atoms. The maximum absolute atomic E-state index is 12.0. The number of hydrogen-bond donors (Lipinski definition) is 2. The molecule has 5 heteroatoms. The Balaban J connectivity index is 2.12. The Morgan fingerprint density at radius 2 is 1.67 bits per heavy atom. The predicted octanol–water partition coefficient (Wildman–Crippen LogP) is 2.58. The molecule has 2 atom stereocenters. The number of carbonyl (C=O) groups is 2. The highest BCUT2D eigenvalue weighted by Gasteiger charge is 2.33. The van der Waals surface area contributed by atoms with Gasteiger partial charge in [0.15, 0.2) is 0 Å². The van der Waals surface area contributed by atoms with E-state index < -0.39 is 11.6 Å². The Morgan fingerprint density at radius 1 is 1.14 bits per heavy atom. The molecule has 2 rings (SSSR count). The molecule has 1 aliphatic heterocycles. The van der Waals surface area contributed by atoms with Crippen molar-refractivity contribution in [2.75, 3.05) is 0 Å². The number of esters is 1. The first-order valence-corrected chi connectivity index (χ1v) is 7.05. The standard InChI is InChI=1S/C16H21NO4/c1-16(2,3)21-15(20)9-13-11-7-5-4-6-10(11)12(17-13)8-14(18)19/h4-7,12-13,17H,8-9H2,1-3H3,(H,18,19)/t12-,13-/m0/s1. The van der Waals surface area contributed by atoms with Gasteiger partial charge in [0.25, 0.3) is 0 Å². The SMILES string of the molecule is CC(C)(C)OC(=O)C[C@@H]1N[C@@H](CC(=O)O)c2ccccc21. The van der Waals surface area contributed by atoms with E-state index in [1.165, 1.54) is 0 Å². The van der Waals surface area contributed by atoms with Crippen LogP contribution >= 0.6 is 0 Å². The topological polar surface area (TPSA) is 75.6 Å². The summed E-state index contributed by atoms with van der Waals surface area (Å²) >= 11 is 0. The number of benzene rings is 1. The second kappa shape index (κ2) is 5.85. The average molecular weight is 291 g/mol. The smallest absolute Gasteiger partial charge is 0.308 e. The normalized spacial score (nSPS) is 20.9. The van der Waals surface area contributed by atoms with Gasteiger partial charge in [-0.15, -0.1) is 0 Å². The number of carbonyl (C=O) groups excluding carboxylic acids is 1. The van der Waals surface area contributed by atoms with Gasteiger partial charge in [0.1, 0.15) is 5.60 Å². The molecule has 0 unspecified atom stereocenters.